The standard InChI is InChI=1S/C13H12IN3O3S/c1-2-16-7-9(6-15-16)8-17-13(18)11-4-3-10(14)5-12(11)21(17,19)20/h3-7H,2,8H2,1H3. The number of carbonyl (C=O) groups is 1. The van der Waals surface area contributed by atoms with E-state index in [2.05, 4.69) is 5.10 Å². The second-order valence-electron chi connectivity index (χ2n) is 4.66. The third-order valence-corrected chi connectivity index (χ3v) is 5.75. The highest BCUT2D eigenvalue weighted by Crippen LogP contribution is 2.32. The Labute approximate surface area is 135 Å². The summed E-state index contributed by atoms with van der Waals surface area (Å²) in [5, 5.41) is 4.10. The summed E-state index contributed by atoms with van der Waals surface area (Å²) in [5.41, 5.74) is 0.926. The predicted octanol–water partition coefficient (Wildman–Crippen LogP) is 1.85. The molecular formula is C13H12IN3O3S. The topological polar surface area (TPSA) is 72.3 Å². The number of carbonyl (C=O) groups excluding carboxylic acids is 1. The summed E-state index contributed by atoms with van der Waals surface area (Å²) in [4.78, 5) is 12.4. The molecule has 0 unspecified atom stereocenters. The zero-order chi connectivity index (χ0) is 15.2. The Bertz CT molecular complexity index is 829. The lowest BCUT2D eigenvalue weighted by Crippen LogP contribution is -2.29. The van der Waals surface area contributed by atoms with Crippen LogP contribution in [0.3, 0.4) is 0 Å². The average molecular weight is 417 g/mol. The maximum Gasteiger partial charge on any atom is 0.269 e. The minimum absolute atomic E-state index is 0.00637. The Morgan fingerprint density at radius 1 is 1.33 bits per heavy atom. The first-order chi connectivity index (χ1) is 9.93. The van der Waals surface area contributed by atoms with Crippen molar-refractivity contribution in [3.63, 3.8) is 0 Å². The summed E-state index contributed by atoms with van der Waals surface area (Å²) >= 11 is 2.03. The highest BCUT2D eigenvalue weighted by atomic mass is 127. The smallest absolute Gasteiger partial charge is 0.269 e. The van der Waals surface area contributed by atoms with Crippen molar-refractivity contribution in [2.24, 2.45) is 0 Å². The number of halogens is 1. The molecule has 1 aromatic carbocycles. The fourth-order valence-corrected chi connectivity index (χ4v) is 4.52. The third-order valence-electron chi connectivity index (χ3n) is 3.31. The number of amides is 1. The average Bonchev–Trinajstić information content (AvgIpc) is 2.97. The lowest BCUT2D eigenvalue weighted by Gasteiger charge is -2.13. The van der Waals surface area contributed by atoms with Gasteiger partial charge >= 0.3 is 0 Å². The van der Waals surface area contributed by atoms with Crippen LogP contribution in [-0.4, -0.2) is 28.4 Å². The number of rotatable bonds is 3. The van der Waals surface area contributed by atoms with Gasteiger partial charge in [0.05, 0.1) is 18.3 Å². The molecule has 0 bridgehead atoms. The highest BCUT2D eigenvalue weighted by molar-refractivity contribution is 14.1. The summed E-state index contributed by atoms with van der Waals surface area (Å²) in [6.45, 7) is 2.64. The van der Waals surface area contributed by atoms with Crippen LogP contribution in [0, 0.1) is 3.57 Å². The normalized spacial score (nSPS) is 16.3. The fourth-order valence-electron chi connectivity index (χ4n) is 2.23. The zero-order valence-corrected chi connectivity index (χ0v) is 14.1. The molecular weight excluding hydrogens is 405 g/mol. The van der Waals surface area contributed by atoms with Crippen molar-refractivity contribution in [1.29, 1.82) is 0 Å². The summed E-state index contributed by atoms with van der Waals surface area (Å²) < 4.78 is 28.4. The molecule has 0 saturated carbocycles. The summed E-state index contributed by atoms with van der Waals surface area (Å²) in [5.74, 6) is -0.481. The molecule has 0 atom stereocenters. The van der Waals surface area contributed by atoms with E-state index in [1.807, 2.05) is 29.5 Å². The number of aryl methyl sites for hydroxylation is 1. The summed E-state index contributed by atoms with van der Waals surface area (Å²) in [6, 6.07) is 4.82. The van der Waals surface area contributed by atoms with Crippen molar-refractivity contribution >= 4 is 38.5 Å². The van der Waals surface area contributed by atoms with Gasteiger partial charge in [0.2, 0.25) is 0 Å². The van der Waals surface area contributed by atoms with Crippen LogP contribution in [-0.2, 0) is 23.1 Å². The molecule has 3 rings (SSSR count). The van der Waals surface area contributed by atoms with Crippen molar-refractivity contribution in [3.05, 3.63) is 45.3 Å². The van der Waals surface area contributed by atoms with Gasteiger partial charge in [0.1, 0.15) is 4.90 Å². The molecule has 110 valence electrons. The Morgan fingerprint density at radius 3 is 2.76 bits per heavy atom. The molecule has 2 aromatic rings. The first-order valence-electron chi connectivity index (χ1n) is 6.31. The quantitative estimate of drug-likeness (QED) is 0.715. The molecule has 0 saturated heterocycles. The first kappa shape index (κ1) is 14.5. The van der Waals surface area contributed by atoms with Gasteiger partial charge in [-0.05, 0) is 47.7 Å². The first-order valence-corrected chi connectivity index (χ1v) is 8.83. The Hall–Kier alpha value is -1.42. The van der Waals surface area contributed by atoms with Crippen LogP contribution in [0.2, 0.25) is 0 Å². The van der Waals surface area contributed by atoms with Crippen molar-refractivity contribution in [1.82, 2.24) is 14.1 Å². The van der Waals surface area contributed by atoms with Gasteiger partial charge < -0.3 is 0 Å². The van der Waals surface area contributed by atoms with Crippen molar-refractivity contribution in [2.45, 2.75) is 24.9 Å². The highest BCUT2D eigenvalue weighted by Gasteiger charge is 2.41. The largest absolute Gasteiger partial charge is 0.273 e. The predicted molar refractivity (Wildman–Crippen MR) is 84.1 cm³/mol. The maximum atomic E-state index is 12.5. The van der Waals surface area contributed by atoms with E-state index in [4.69, 9.17) is 0 Å². The molecule has 0 radical (unpaired) electrons. The van der Waals surface area contributed by atoms with E-state index in [0.717, 1.165) is 7.88 Å². The zero-order valence-electron chi connectivity index (χ0n) is 11.2. The number of nitrogens with zero attached hydrogens (tertiary/aromatic N) is 3. The van der Waals surface area contributed by atoms with Gasteiger partial charge in [0.25, 0.3) is 15.9 Å². The van der Waals surface area contributed by atoms with Crippen molar-refractivity contribution in [3.8, 4) is 0 Å². The van der Waals surface area contributed by atoms with E-state index in [0.29, 0.717) is 12.1 Å². The van der Waals surface area contributed by atoms with Crippen LogP contribution >= 0.6 is 22.6 Å². The van der Waals surface area contributed by atoms with E-state index in [9.17, 15) is 13.2 Å². The molecule has 1 aliphatic rings. The van der Waals surface area contributed by atoms with Gasteiger partial charge in [0, 0.05) is 21.9 Å². The molecule has 0 aliphatic carbocycles. The van der Waals surface area contributed by atoms with E-state index in [1.54, 1.807) is 29.2 Å². The molecule has 21 heavy (non-hydrogen) atoms. The van der Waals surface area contributed by atoms with Crippen LogP contribution in [0.1, 0.15) is 22.8 Å². The number of sulfonamides is 1. The molecule has 1 aromatic heterocycles. The lowest BCUT2D eigenvalue weighted by atomic mass is 10.2. The monoisotopic (exact) mass is 417 g/mol. The third kappa shape index (κ3) is 2.35. The second-order valence-corrected chi connectivity index (χ2v) is 7.74. The maximum absolute atomic E-state index is 12.5. The molecule has 8 heteroatoms. The molecule has 6 nitrogen and oxygen atoms in total. The van der Waals surface area contributed by atoms with Gasteiger partial charge in [-0.25, -0.2) is 12.7 Å². The van der Waals surface area contributed by atoms with Gasteiger partial charge in [0.15, 0.2) is 0 Å². The molecule has 2 heterocycles. The van der Waals surface area contributed by atoms with Gasteiger partial charge in [-0.15, -0.1) is 0 Å². The van der Waals surface area contributed by atoms with Crippen LogP contribution in [0.5, 0.6) is 0 Å². The van der Waals surface area contributed by atoms with Crippen molar-refractivity contribution < 1.29 is 13.2 Å². The Morgan fingerprint density at radius 2 is 2.10 bits per heavy atom. The fraction of sp³-hybridized carbons (Fsp3) is 0.231. The van der Waals surface area contributed by atoms with Crippen LogP contribution in [0.25, 0.3) is 0 Å². The minimum atomic E-state index is -3.77. The molecule has 1 aliphatic heterocycles. The van der Waals surface area contributed by atoms with Crippen LogP contribution in [0.15, 0.2) is 35.5 Å². The minimum Gasteiger partial charge on any atom is -0.273 e. The van der Waals surface area contributed by atoms with Crippen LogP contribution in [0.4, 0.5) is 0 Å². The Kier molecular flexibility index (Phi) is 3.52. The van der Waals surface area contributed by atoms with E-state index in [1.165, 1.54) is 6.07 Å². The van der Waals surface area contributed by atoms with Gasteiger partial charge in [-0.3, -0.25) is 9.48 Å². The van der Waals surface area contributed by atoms with Crippen LogP contribution < -0.4 is 0 Å². The molecule has 0 N–H and O–H groups in total. The number of aromatic nitrogens is 2. The van der Waals surface area contributed by atoms with E-state index < -0.39 is 15.9 Å². The summed E-state index contributed by atoms with van der Waals surface area (Å²) in [6.07, 6.45) is 3.33. The molecule has 1 amide bonds. The number of hydrogen-bond acceptors (Lipinski definition) is 4. The molecule has 0 spiro atoms. The lowest BCUT2D eigenvalue weighted by molar-refractivity contribution is 0.0865. The second kappa shape index (κ2) is 5.09. The van der Waals surface area contributed by atoms with Gasteiger partial charge in [-0.2, -0.15) is 5.10 Å². The SMILES string of the molecule is CCn1cc(CN2C(=O)c3ccc(I)cc3S2(=O)=O)cn1. The van der Waals surface area contributed by atoms with Gasteiger partial charge in [-0.1, -0.05) is 0 Å². The van der Waals surface area contributed by atoms with Crippen molar-refractivity contribution in [2.75, 3.05) is 0 Å². The Balaban J connectivity index is 2.00. The number of fused-ring (bicyclic) bond motifs is 1. The van der Waals surface area contributed by atoms with E-state index >= 15 is 0 Å². The van der Waals surface area contributed by atoms with E-state index in [-0.39, 0.29) is 17.0 Å². The number of hydrogen-bond donors (Lipinski definition) is 0. The molecule has 0 fully saturated rings. The summed E-state index contributed by atoms with van der Waals surface area (Å²) in [7, 11) is -3.77. The number of benzene rings is 1.